The second kappa shape index (κ2) is 8.39. The molecule has 3 rings (SSSR count). The third-order valence-electron chi connectivity index (χ3n) is 4.83. The highest BCUT2D eigenvalue weighted by atomic mass is 19.1. The predicted molar refractivity (Wildman–Crippen MR) is 115 cm³/mol. The number of benzene rings is 3. The number of phenolic OH excluding ortho intramolecular Hbond substituents is 2. The minimum Gasteiger partial charge on any atom is -0.504 e. The molecule has 0 amide bonds. The zero-order chi connectivity index (χ0) is 21.1. The maximum absolute atomic E-state index is 14.5. The minimum absolute atomic E-state index is 0.151. The lowest BCUT2D eigenvalue weighted by molar-refractivity contribution is 0.341. The van der Waals surface area contributed by atoms with Crippen molar-refractivity contribution in [1.29, 1.82) is 0 Å². The molecule has 0 aliphatic rings. The van der Waals surface area contributed by atoms with Crippen LogP contribution in [-0.4, -0.2) is 16.8 Å². The number of aromatic hydroxyl groups is 2. The summed E-state index contributed by atoms with van der Waals surface area (Å²) < 4.78 is 20.0. The van der Waals surface area contributed by atoms with Crippen LogP contribution in [0, 0.1) is 19.7 Å². The first-order valence-electron chi connectivity index (χ1n) is 9.46. The Morgan fingerprint density at radius 2 is 1.45 bits per heavy atom. The second-order valence-electron chi connectivity index (χ2n) is 7.42. The van der Waals surface area contributed by atoms with E-state index in [0.717, 1.165) is 39.0 Å². The third-order valence-corrected chi connectivity index (χ3v) is 4.83. The molecule has 0 aromatic heterocycles. The summed E-state index contributed by atoms with van der Waals surface area (Å²) in [5, 5.41) is 19.3. The van der Waals surface area contributed by atoms with Crippen LogP contribution in [0.4, 0.5) is 4.39 Å². The Morgan fingerprint density at radius 3 is 2.00 bits per heavy atom. The first-order chi connectivity index (χ1) is 13.8. The van der Waals surface area contributed by atoms with Crippen LogP contribution in [-0.2, 0) is 0 Å². The predicted octanol–water partition coefficient (Wildman–Crippen LogP) is 6.53. The van der Waals surface area contributed by atoms with Crippen molar-refractivity contribution in [2.75, 3.05) is 6.61 Å². The van der Waals surface area contributed by atoms with Gasteiger partial charge in [0.2, 0.25) is 0 Å². The van der Waals surface area contributed by atoms with Crippen molar-refractivity contribution >= 4 is 0 Å². The monoisotopic (exact) mass is 392 g/mol. The van der Waals surface area contributed by atoms with Gasteiger partial charge in [-0.3, -0.25) is 0 Å². The van der Waals surface area contributed by atoms with Gasteiger partial charge in [0.1, 0.15) is 6.61 Å². The van der Waals surface area contributed by atoms with Crippen molar-refractivity contribution in [3.63, 3.8) is 0 Å². The number of halogens is 1. The molecule has 0 heterocycles. The topological polar surface area (TPSA) is 49.7 Å². The summed E-state index contributed by atoms with van der Waals surface area (Å²) in [5.74, 6) is -0.470. The molecule has 0 radical (unpaired) electrons. The van der Waals surface area contributed by atoms with Crippen LogP contribution in [0.25, 0.3) is 22.3 Å². The van der Waals surface area contributed by atoms with Crippen molar-refractivity contribution in [3.05, 3.63) is 77.1 Å². The molecule has 2 N–H and O–H groups in total. The Balaban J connectivity index is 1.93. The normalized spacial score (nSPS) is 10.7. The van der Waals surface area contributed by atoms with Gasteiger partial charge in [0.15, 0.2) is 23.1 Å². The molecule has 0 spiro atoms. The van der Waals surface area contributed by atoms with E-state index in [1.54, 1.807) is 12.1 Å². The average Bonchev–Trinajstić information content (AvgIpc) is 2.66. The fourth-order valence-electron chi connectivity index (χ4n) is 3.21. The Kier molecular flexibility index (Phi) is 5.92. The van der Waals surface area contributed by atoms with Crippen LogP contribution < -0.4 is 4.74 Å². The lowest BCUT2D eigenvalue weighted by Gasteiger charge is -2.14. The molecular weight excluding hydrogens is 367 g/mol. The molecule has 4 heteroatoms. The fraction of sp³-hybridized carbons (Fsp3) is 0.200. The number of rotatable bonds is 5. The quantitative estimate of drug-likeness (QED) is 0.383. The Morgan fingerprint density at radius 1 is 0.862 bits per heavy atom. The van der Waals surface area contributed by atoms with Gasteiger partial charge in [-0.1, -0.05) is 29.8 Å². The lowest BCUT2D eigenvalue weighted by atomic mass is 9.91. The summed E-state index contributed by atoms with van der Waals surface area (Å²) in [5.41, 5.74) is 6.55. The Bertz CT molecular complexity index is 1080. The maximum atomic E-state index is 14.5. The van der Waals surface area contributed by atoms with E-state index < -0.39 is 5.82 Å². The van der Waals surface area contributed by atoms with Gasteiger partial charge in [0.05, 0.1) is 0 Å². The number of ether oxygens (including phenoxy) is 1. The standard InChI is InChI=1S/C25H25FO3/c1-15(2)9-10-29-25-8-6-18(13-22(25)26)20-11-17(4)21(12-16(20)3)19-5-7-23(27)24(28)14-19/h5-9,11-14,27-28H,10H2,1-4H3. The number of hydrogen-bond acceptors (Lipinski definition) is 3. The summed E-state index contributed by atoms with van der Waals surface area (Å²) in [6.07, 6.45) is 1.90. The van der Waals surface area contributed by atoms with Crippen LogP contribution in [0.3, 0.4) is 0 Å². The van der Waals surface area contributed by atoms with Gasteiger partial charge in [-0.05, 0) is 91.4 Å². The molecule has 3 nitrogen and oxygen atoms in total. The summed E-state index contributed by atoms with van der Waals surface area (Å²) in [6.45, 7) is 8.21. The molecule has 0 saturated carbocycles. The first-order valence-corrected chi connectivity index (χ1v) is 9.46. The van der Waals surface area contributed by atoms with Crippen LogP contribution in [0.5, 0.6) is 17.2 Å². The Hall–Kier alpha value is -3.27. The van der Waals surface area contributed by atoms with E-state index in [-0.39, 0.29) is 17.2 Å². The molecule has 3 aromatic carbocycles. The highest BCUT2D eigenvalue weighted by Crippen LogP contribution is 2.36. The van der Waals surface area contributed by atoms with Gasteiger partial charge in [-0.15, -0.1) is 0 Å². The molecule has 0 bridgehead atoms. The van der Waals surface area contributed by atoms with Crippen molar-refractivity contribution in [1.82, 2.24) is 0 Å². The van der Waals surface area contributed by atoms with Gasteiger partial charge in [-0.2, -0.15) is 0 Å². The highest BCUT2D eigenvalue weighted by molar-refractivity contribution is 5.77. The third kappa shape index (κ3) is 4.60. The van der Waals surface area contributed by atoms with E-state index >= 15 is 0 Å². The van der Waals surface area contributed by atoms with Crippen molar-refractivity contribution in [3.8, 4) is 39.5 Å². The molecule has 3 aromatic rings. The van der Waals surface area contributed by atoms with Gasteiger partial charge >= 0.3 is 0 Å². The van der Waals surface area contributed by atoms with Gasteiger partial charge in [0, 0.05) is 0 Å². The number of hydrogen-bond donors (Lipinski definition) is 2. The molecular formula is C25H25FO3. The van der Waals surface area contributed by atoms with Crippen LogP contribution >= 0.6 is 0 Å². The summed E-state index contributed by atoms with van der Waals surface area (Å²) >= 11 is 0. The number of phenols is 2. The Labute approximate surface area is 170 Å². The van der Waals surface area contributed by atoms with E-state index in [1.165, 1.54) is 18.2 Å². The zero-order valence-electron chi connectivity index (χ0n) is 17.1. The molecule has 0 aliphatic carbocycles. The van der Waals surface area contributed by atoms with Crippen LogP contribution in [0.2, 0.25) is 0 Å². The molecule has 0 saturated heterocycles. The first kappa shape index (κ1) is 20.5. The molecule has 150 valence electrons. The smallest absolute Gasteiger partial charge is 0.165 e. The van der Waals surface area contributed by atoms with E-state index in [9.17, 15) is 14.6 Å². The highest BCUT2D eigenvalue weighted by Gasteiger charge is 2.12. The molecule has 29 heavy (non-hydrogen) atoms. The summed E-state index contributed by atoms with van der Waals surface area (Å²) in [4.78, 5) is 0. The average molecular weight is 392 g/mol. The summed E-state index contributed by atoms with van der Waals surface area (Å²) in [6, 6.07) is 13.8. The number of aryl methyl sites for hydroxylation is 2. The van der Waals surface area contributed by atoms with E-state index in [0.29, 0.717) is 6.61 Å². The molecule has 0 aliphatic heterocycles. The largest absolute Gasteiger partial charge is 0.504 e. The molecule has 0 atom stereocenters. The molecule has 0 fully saturated rings. The van der Waals surface area contributed by atoms with Crippen molar-refractivity contribution in [2.24, 2.45) is 0 Å². The van der Waals surface area contributed by atoms with Gasteiger partial charge in [-0.25, -0.2) is 4.39 Å². The fourth-order valence-corrected chi connectivity index (χ4v) is 3.21. The lowest BCUT2D eigenvalue weighted by Crippen LogP contribution is -1.97. The number of allylic oxidation sites excluding steroid dienone is 1. The van der Waals surface area contributed by atoms with Gasteiger partial charge in [0.25, 0.3) is 0 Å². The zero-order valence-corrected chi connectivity index (χ0v) is 17.1. The van der Waals surface area contributed by atoms with E-state index in [2.05, 4.69) is 0 Å². The van der Waals surface area contributed by atoms with Crippen molar-refractivity contribution in [2.45, 2.75) is 27.7 Å². The van der Waals surface area contributed by atoms with Gasteiger partial charge < -0.3 is 14.9 Å². The van der Waals surface area contributed by atoms with E-state index in [4.69, 9.17) is 4.74 Å². The second-order valence-corrected chi connectivity index (χ2v) is 7.42. The maximum Gasteiger partial charge on any atom is 0.165 e. The minimum atomic E-state index is -0.394. The van der Waals surface area contributed by atoms with E-state index in [1.807, 2.05) is 52.0 Å². The molecule has 0 unspecified atom stereocenters. The van der Waals surface area contributed by atoms with Crippen molar-refractivity contribution < 1.29 is 19.3 Å². The van der Waals surface area contributed by atoms with Crippen LogP contribution in [0.15, 0.2) is 60.2 Å². The van der Waals surface area contributed by atoms with Crippen LogP contribution in [0.1, 0.15) is 25.0 Å². The summed E-state index contributed by atoms with van der Waals surface area (Å²) in [7, 11) is 0. The SMILES string of the molecule is CC(C)=CCOc1ccc(-c2cc(C)c(-c3ccc(O)c(O)c3)cc2C)cc1F.